The van der Waals surface area contributed by atoms with E-state index in [1.165, 1.54) is 33.4 Å². The monoisotopic (exact) mass is 266 g/mol. The van der Waals surface area contributed by atoms with Crippen molar-refractivity contribution in [1.82, 2.24) is 0 Å². The molecule has 0 saturated heterocycles. The van der Waals surface area contributed by atoms with Gasteiger partial charge in [-0.2, -0.15) is 0 Å². The summed E-state index contributed by atoms with van der Waals surface area (Å²) < 4.78 is 0. The Morgan fingerprint density at radius 3 is 2.00 bits per heavy atom. The van der Waals surface area contributed by atoms with Gasteiger partial charge in [-0.05, 0) is 47.9 Å². The summed E-state index contributed by atoms with van der Waals surface area (Å²) >= 11 is 0. The summed E-state index contributed by atoms with van der Waals surface area (Å²) in [4.78, 5) is 0. The topological polar surface area (TPSA) is 0 Å². The third-order valence-electron chi connectivity index (χ3n) is 3.88. The van der Waals surface area contributed by atoms with Gasteiger partial charge in [-0.25, -0.2) is 0 Å². The smallest absolute Gasteiger partial charge is 0.0144 e. The summed E-state index contributed by atoms with van der Waals surface area (Å²) in [6.45, 7) is 13.6. The van der Waals surface area contributed by atoms with Crippen molar-refractivity contribution in [3.63, 3.8) is 0 Å². The zero-order valence-corrected chi connectivity index (χ0v) is 13.6. The first-order chi connectivity index (χ1) is 9.40. The molecule has 0 aromatic heterocycles. The van der Waals surface area contributed by atoms with Crippen molar-refractivity contribution in [3.8, 4) is 11.1 Å². The highest BCUT2D eigenvalue weighted by molar-refractivity contribution is 5.71. The van der Waals surface area contributed by atoms with Gasteiger partial charge in [0.25, 0.3) is 0 Å². The number of rotatable bonds is 3. The van der Waals surface area contributed by atoms with Crippen molar-refractivity contribution in [2.24, 2.45) is 0 Å². The first-order valence-corrected chi connectivity index (χ1v) is 7.61. The third-order valence-corrected chi connectivity index (χ3v) is 3.88. The lowest BCUT2D eigenvalue weighted by Gasteiger charge is -2.22. The molecule has 0 heterocycles. The Morgan fingerprint density at radius 1 is 0.750 bits per heavy atom. The molecule has 0 spiro atoms. The number of aryl methyl sites for hydroxylation is 2. The van der Waals surface area contributed by atoms with Crippen molar-refractivity contribution in [2.75, 3.05) is 0 Å². The molecule has 20 heavy (non-hydrogen) atoms. The summed E-state index contributed by atoms with van der Waals surface area (Å²) in [5, 5.41) is 0. The number of hydrogen-bond donors (Lipinski definition) is 0. The first kappa shape index (κ1) is 14.8. The molecule has 0 aliphatic carbocycles. The van der Waals surface area contributed by atoms with E-state index >= 15 is 0 Å². The molecular weight excluding hydrogens is 240 g/mol. The highest BCUT2D eigenvalue weighted by Crippen LogP contribution is 2.36. The van der Waals surface area contributed by atoms with Crippen LogP contribution in [0.25, 0.3) is 11.1 Å². The number of hydrogen-bond acceptors (Lipinski definition) is 0. The molecule has 0 nitrogen and oxygen atoms in total. The molecule has 2 aromatic carbocycles. The van der Waals surface area contributed by atoms with Crippen molar-refractivity contribution in [3.05, 3.63) is 58.7 Å². The van der Waals surface area contributed by atoms with Gasteiger partial charge in [0.1, 0.15) is 0 Å². The zero-order chi connectivity index (χ0) is 14.9. The minimum atomic E-state index is 0.545. The minimum Gasteiger partial charge on any atom is -0.0614 e. The summed E-state index contributed by atoms with van der Waals surface area (Å²) in [7, 11) is 0. The van der Waals surface area contributed by atoms with Crippen LogP contribution in [-0.2, 0) is 0 Å². The van der Waals surface area contributed by atoms with Crippen molar-refractivity contribution >= 4 is 0 Å². The van der Waals surface area contributed by atoms with Gasteiger partial charge in [0.2, 0.25) is 0 Å². The molecule has 0 bridgehead atoms. The SMILES string of the molecule is Cc1cccc(-c2cc(C)cc(C(C)C)c2C(C)C)c1. The van der Waals surface area contributed by atoms with Crippen molar-refractivity contribution < 1.29 is 0 Å². The van der Waals surface area contributed by atoms with E-state index in [0.29, 0.717) is 11.8 Å². The van der Waals surface area contributed by atoms with Gasteiger partial charge in [0, 0.05) is 0 Å². The Kier molecular flexibility index (Phi) is 4.32. The van der Waals surface area contributed by atoms with Crippen molar-refractivity contribution in [1.29, 1.82) is 0 Å². The second kappa shape index (κ2) is 5.83. The van der Waals surface area contributed by atoms with Gasteiger partial charge in [0.15, 0.2) is 0 Å². The number of benzene rings is 2. The molecule has 0 aliphatic heterocycles. The van der Waals surface area contributed by atoms with Crippen LogP contribution in [0.15, 0.2) is 36.4 Å². The van der Waals surface area contributed by atoms with E-state index in [9.17, 15) is 0 Å². The second-order valence-electron chi connectivity index (χ2n) is 6.49. The quantitative estimate of drug-likeness (QED) is 0.619. The normalized spacial score (nSPS) is 11.4. The predicted octanol–water partition coefficient (Wildman–Crippen LogP) is 6.22. The van der Waals surface area contributed by atoms with Crippen LogP contribution in [0, 0.1) is 13.8 Å². The minimum absolute atomic E-state index is 0.545. The fourth-order valence-corrected chi connectivity index (χ4v) is 3.00. The fraction of sp³-hybridized carbons (Fsp3) is 0.400. The van der Waals surface area contributed by atoms with Crippen LogP contribution in [-0.4, -0.2) is 0 Å². The molecule has 0 radical (unpaired) electrons. The lowest BCUT2D eigenvalue weighted by molar-refractivity contribution is 0.790. The largest absolute Gasteiger partial charge is 0.0614 e. The summed E-state index contributed by atoms with van der Waals surface area (Å²) in [5.74, 6) is 1.11. The summed E-state index contributed by atoms with van der Waals surface area (Å²) in [6.07, 6.45) is 0. The van der Waals surface area contributed by atoms with Gasteiger partial charge in [-0.3, -0.25) is 0 Å². The van der Waals surface area contributed by atoms with Crippen molar-refractivity contribution in [2.45, 2.75) is 53.4 Å². The van der Waals surface area contributed by atoms with Crippen LogP contribution in [0.2, 0.25) is 0 Å². The van der Waals surface area contributed by atoms with E-state index in [1.807, 2.05) is 0 Å². The van der Waals surface area contributed by atoms with Crippen LogP contribution < -0.4 is 0 Å². The molecule has 0 aliphatic rings. The molecule has 0 unspecified atom stereocenters. The highest BCUT2D eigenvalue weighted by Gasteiger charge is 2.16. The van der Waals surface area contributed by atoms with E-state index in [0.717, 1.165) is 0 Å². The van der Waals surface area contributed by atoms with Crippen LogP contribution in [0.5, 0.6) is 0 Å². The molecule has 0 N–H and O–H groups in total. The first-order valence-electron chi connectivity index (χ1n) is 7.61. The Balaban J connectivity index is 2.74. The van der Waals surface area contributed by atoms with Gasteiger partial charge in [0.05, 0.1) is 0 Å². The van der Waals surface area contributed by atoms with E-state index in [4.69, 9.17) is 0 Å². The molecule has 2 rings (SSSR count). The van der Waals surface area contributed by atoms with Crippen LogP contribution in [0.3, 0.4) is 0 Å². The summed E-state index contributed by atoms with van der Waals surface area (Å²) in [5.41, 5.74) is 8.44. The van der Waals surface area contributed by atoms with Gasteiger partial charge in [-0.1, -0.05) is 75.2 Å². The Labute approximate surface area is 123 Å². The molecule has 0 saturated carbocycles. The Bertz CT molecular complexity index is 603. The predicted molar refractivity (Wildman–Crippen MR) is 89.5 cm³/mol. The maximum Gasteiger partial charge on any atom is -0.0144 e. The van der Waals surface area contributed by atoms with E-state index < -0.39 is 0 Å². The molecule has 106 valence electrons. The average molecular weight is 266 g/mol. The average Bonchev–Trinajstić information content (AvgIpc) is 2.37. The third kappa shape index (κ3) is 2.95. The zero-order valence-electron chi connectivity index (χ0n) is 13.6. The standard InChI is InChI=1S/C20H26/c1-13(2)18-11-16(6)12-19(20(18)14(3)4)17-9-7-8-15(5)10-17/h7-14H,1-6H3. The maximum absolute atomic E-state index is 2.36. The highest BCUT2D eigenvalue weighted by atomic mass is 14.2. The second-order valence-corrected chi connectivity index (χ2v) is 6.49. The van der Waals surface area contributed by atoms with E-state index in [1.54, 1.807) is 0 Å². The summed E-state index contributed by atoms with van der Waals surface area (Å²) in [6, 6.07) is 13.6. The van der Waals surface area contributed by atoms with E-state index in [2.05, 4.69) is 77.9 Å². The van der Waals surface area contributed by atoms with Gasteiger partial charge < -0.3 is 0 Å². The van der Waals surface area contributed by atoms with Crippen LogP contribution in [0.4, 0.5) is 0 Å². The molecule has 0 heteroatoms. The Morgan fingerprint density at radius 2 is 1.45 bits per heavy atom. The Hall–Kier alpha value is -1.56. The fourth-order valence-electron chi connectivity index (χ4n) is 3.00. The lowest BCUT2D eigenvalue weighted by Crippen LogP contribution is -2.02. The van der Waals surface area contributed by atoms with E-state index in [-0.39, 0.29) is 0 Å². The van der Waals surface area contributed by atoms with Gasteiger partial charge in [-0.15, -0.1) is 0 Å². The molecule has 0 atom stereocenters. The van der Waals surface area contributed by atoms with Gasteiger partial charge >= 0.3 is 0 Å². The molecule has 0 amide bonds. The maximum atomic E-state index is 2.36. The molecular formula is C20H26. The molecule has 2 aromatic rings. The van der Waals surface area contributed by atoms with Crippen LogP contribution in [0.1, 0.15) is 61.8 Å². The molecule has 0 fully saturated rings. The lowest BCUT2D eigenvalue weighted by atomic mass is 9.83. The van der Waals surface area contributed by atoms with Crippen LogP contribution >= 0.6 is 0 Å².